The van der Waals surface area contributed by atoms with Gasteiger partial charge in [-0.1, -0.05) is 0 Å². The fourth-order valence-electron chi connectivity index (χ4n) is 2.69. The highest BCUT2D eigenvalue weighted by molar-refractivity contribution is 5.68. The largest absolute Gasteiger partial charge is 0.497 e. The van der Waals surface area contributed by atoms with Crippen LogP contribution >= 0.6 is 0 Å². The van der Waals surface area contributed by atoms with E-state index < -0.39 is 0 Å². The predicted molar refractivity (Wildman–Crippen MR) is 77.6 cm³/mol. The summed E-state index contributed by atoms with van der Waals surface area (Å²) in [5.41, 5.74) is 4.81. The van der Waals surface area contributed by atoms with Crippen molar-refractivity contribution in [2.24, 2.45) is 0 Å². The van der Waals surface area contributed by atoms with Crippen LogP contribution in [0.2, 0.25) is 0 Å². The molecule has 0 atom stereocenters. The van der Waals surface area contributed by atoms with Crippen molar-refractivity contribution in [3.8, 4) is 23.1 Å². The molecule has 3 rings (SSSR count). The third-order valence-electron chi connectivity index (χ3n) is 3.78. The number of aromatic nitrogens is 1. The van der Waals surface area contributed by atoms with Gasteiger partial charge in [0.15, 0.2) is 0 Å². The monoisotopic (exact) mass is 264 g/mol. The number of hydrogen-bond donors (Lipinski definition) is 0. The van der Waals surface area contributed by atoms with Crippen molar-refractivity contribution in [2.45, 2.75) is 25.7 Å². The summed E-state index contributed by atoms with van der Waals surface area (Å²) in [5, 5.41) is 9.37. The molecular formula is C17H16N2O. The summed E-state index contributed by atoms with van der Waals surface area (Å²) in [4.78, 5) is 4.75. The summed E-state index contributed by atoms with van der Waals surface area (Å²) in [5.74, 6) is 0.810. The summed E-state index contributed by atoms with van der Waals surface area (Å²) in [6.45, 7) is 0. The minimum absolute atomic E-state index is 0.663. The Morgan fingerprint density at radius 1 is 1.15 bits per heavy atom. The summed E-state index contributed by atoms with van der Waals surface area (Å²) in [6, 6.07) is 12.0. The van der Waals surface area contributed by atoms with Gasteiger partial charge in [0.2, 0.25) is 0 Å². The fraction of sp³-hybridized carbons (Fsp3) is 0.294. The Bertz CT molecular complexity index is 669. The number of rotatable bonds is 2. The standard InChI is InChI=1S/C17H16N2O/c1-20-15-8-6-12(7-9-15)17-14(11-18)10-13-4-2-3-5-16(13)19-17/h6-10H,2-5H2,1H3. The van der Waals surface area contributed by atoms with Gasteiger partial charge in [0.05, 0.1) is 18.4 Å². The first-order valence-electron chi connectivity index (χ1n) is 6.89. The highest BCUT2D eigenvalue weighted by Crippen LogP contribution is 2.28. The van der Waals surface area contributed by atoms with E-state index in [1.807, 2.05) is 30.3 Å². The molecule has 0 saturated heterocycles. The average molecular weight is 264 g/mol. The van der Waals surface area contributed by atoms with Gasteiger partial charge in [0.1, 0.15) is 11.8 Å². The molecule has 1 aliphatic rings. The van der Waals surface area contributed by atoms with Gasteiger partial charge in [0.25, 0.3) is 0 Å². The number of pyridine rings is 1. The van der Waals surface area contributed by atoms with E-state index in [9.17, 15) is 5.26 Å². The number of fused-ring (bicyclic) bond motifs is 1. The number of hydrogen-bond acceptors (Lipinski definition) is 3. The third-order valence-corrected chi connectivity index (χ3v) is 3.78. The third kappa shape index (κ3) is 2.25. The van der Waals surface area contributed by atoms with E-state index in [4.69, 9.17) is 9.72 Å². The minimum Gasteiger partial charge on any atom is -0.497 e. The Morgan fingerprint density at radius 2 is 1.90 bits per heavy atom. The van der Waals surface area contributed by atoms with E-state index in [1.54, 1.807) is 7.11 Å². The highest BCUT2D eigenvalue weighted by atomic mass is 16.5. The molecule has 0 fully saturated rings. The Labute approximate surface area is 118 Å². The summed E-state index contributed by atoms with van der Waals surface area (Å²) in [6.07, 6.45) is 4.44. The number of methoxy groups -OCH3 is 1. The van der Waals surface area contributed by atoms with E-state index in [0.717, 1.165) is 35.5 Å². The Balaban J connectivity index is 2.09. The van der Waals surface area contributed by atoms with Gasteiger partial charge in [-0.15, -0.1) is 0 Å². The maximum absolute atomic E-state index is 9.37. The molecule has 0 radical (unpaired) electrons. The molecule has 1 aromatic carbocycles. The summed E-state index contributed by atoms with van der Waals surface area (Å²) < 4.78 is 5.17. The van der Waals surface area contributed by atoms with Gasteiger partial charge in [-0.2, -0.15) is 5.26 Å². The SMILES string of the molecule is COc1ccc(-c2nc3c(cc2C#N)CCCC3)cc1. The summed E-state index contributed by atoms with van der Waals surface area (Å²) in [7, 11) is 1.65. The van der Waals surface area contributed by atoms with Crippen molar-refractivity contribution in [1.29, 1.82) is 5.26 Å². The minimum atomic E-state index is 0.663. The number of benzene rings is 1. The molecule has 0 aliphatic heterocycles. The molecule has 0 spiro atoms. The van der Waals surface area contributed by atoms with E-state index >= 15 is 0 Å². The first-order chi connectivity index (χ1) is 9.81. The molecule has 1 aromatic heterocycles. The maximum atomic E-state index is 9.37. The van der Waals surface area contributed by atoms with Gasteiger partial charge in [-0.3, -0.25) is 4.98 Å². The normalized spacial score (nSPS) is 13.4. The quantitative estimate of drug-likeness (QED) is 0.833. The Morgan fingerprint density at radius 3 is 2.60 bits per heavy atom. The second-order valence-electron chi connectivity index (χ2n) is 5.04. The highest BCUT2D eigenvalue weighted by Gasteiger charge is 2.16. The van der Waals surface area contributed by atoms with Crippen molar-refractivity contribution < 1.29 is 4.74 Å². The Kier molecular flexibility index (Phi) is 3.39. The second-order valence-corrected chi connectivity index (χ2v) is 5.04. The molecule has 100 valence electrons. The first-order valence-corrected chi connectivity index (χ1v) is 6.89. The zero-order valence-corrected chi connectivity index (χ0v) is 11.5. The van der Waals surface area contributed by atoms with Crippen LogP contribution in [0.25, 0.3) is 11.3 Å². The predicted octanol–water partition coefficient (Wildman–Crippen LogP) is 3.51. The lowest BCUT2D eigenvalue weighted by Crippen LogP contribution is -2.07. The number of ether oxygens (including phenoxy) is 1. The molecule has 3 nitrogen and oxygen atoms in total. The van der Waals surface area contributed by atoms with E-state index in [-0.39, 0.29) is 0 Å². The van der Waals surface area contributed by atoms with Crippen LogP contribution in [0, 0.1) is 11.3 Å². The van der Waals surface area contributed by atoms with E-state index in [0.29, 0.717) is 5.56 Å². The molecule has 2 aromatic rings. The van der Waals surface area contributed by atoms with Crippen LogP contribution in [0.15, 0.2) is 30.3 Å². The van der Waals surface area contributed by atoms with Gasteiger partial charge in [-0.05, 0) is 61.6 Å². The molecule has 0 amide bonds. The summed E-state index contributed by atoms with van der Waals surface area (Å²) >= 11 is 0. The lowest BCUT2D eigenvalue weighted by molar-refractivity contribution is 0.415. The fourth-order valence-corrected chi connectivity index (χ4v) is 2.69. The van der Waals surface area contributed by atoms with E-state index in [2.05, 4.69) is 6.07 Å². The lowest BCUT2D eigenvalue weighted by Gasteiger charge is -2.17. The Hall–Kier alpha value is -2.34. The van der Waals surface area contributed by atoms with Crippen LogP contribution in [0.4, 0.5) is 0 Å². The van der Waals surface area contributed by atoms with Crippen molar-refractivity contribution in [2.75, 3.05) is 7.11 Å². The zero-order chi connectivity index (χ0) is 13.9. The van der Waals surface area contributed by atoms with Crippen molar-refractivity contribution in [3.05, 3.63) is 47.2 Å². The van der Waals surface area contributed by atoms with Gasteiger partial charge < -0.3 is 4.74 Å². The van der Waals surface area contributed by atoms with E-state index in [1.165, 1.54) is 18.4 Å². The first kappa shape index (κ1) is 12.7. The van der Waals surface area contributed by atoms with Crippen LogP contribution in [0.3, 0.4) is 0 Å². The van der Waals surface area contributed by atoms with Gasteiger partial charge >= 0.3 is 0 Å². The maximum Gasteiger partial charge on any atom is 0.118 e. The van der Waals surface area contributed by atoms with Crippen LogP contribution in [0.5, 0.6) is 5.75 Å². The molecule has 1 aliphatic carbocycles. The number of nitriles is 1. The van der Waals surface area contributed by atoms with Crippen molar-refractivity contribution in [1.82, 2.24) is 4.98 Å². The van der Waals surface area contributed by atoms with Crippen molar-refractivity contribution >= 4 is 0 Å². The smallest absolute Gasteiger partial charge is 0.118 e. The van der Waals surface area contributed by atoms with Gasteiger partial charge in [0, 0.05) is 11.3 Å². The number of nitrogens with zero attached hydrogens (tertiary/aromatic N) is 2. The molecule has 3 heteroatoms. The van der Waals surface area contributed by atoms with Crippen LogP contribution in [-0.4, -0.2) is 12.1 Å². The molecule has 0 N–H and O–H groups in total. The lowest BCUT2D eigenvalue weighted by atomic mass is 9.93. The topological polar surface area (TPSA) is 45.9 Å². The average Bonchev–Trinajstić information content (AvgIpc) is 2.53. The van der Waals surface area contributed by atoms with Gasteiger partial charge in [-0.25, -0.2) is 0 Å². The van der Waals surface area contributed by atoms with Crippen LogP contribution in [0.1, 0.15) is 29.7 Å². The van der Waals surface area contributed by atoms with Crippen molar-refractivity contribution in [3.63, 3.8) is 0 Å². The molecule has 1 heterocycles. The zero-order valence-electron chi connectivity index (χ0n) is 11.5. The molecular weight excluding hydrogens is 248 g/mol. The van der Waals surface area contributed by atoms with Crippen LogP contribution in [-0.2, 0) is 12.8 Å². The van der Waals surface area contributed by atoms with Crippen LogP contribution < -0.4 is 4.74 Å². The second kappa shape index (κ2) is 5.34. The molecule has 0 saturated carbocycles. The molecule has 0 unspecified atom stereocenters. The molecule has 0 bridgehead atoms. The molecule has 20 heavy (non-hydrogen) atoms. The number of aryl methyl sites for hydroxylation is 2.